The molecule has 0 saturated carbocycles. The molecule has 0 bridgehead atoms. The number of hydrogen-bond acceptors (Lipinski definition) is 3. The van der Waals surface area contributed by atoms with E-state index in [0.29, 0.717) is 12.2 Å². The minimum atomic E-state index is -0.995. The number of amides is 1. The van der Waals surface area contributed by atoms with Crippen LogP contribution in [0.25, 0.3) is 0 Å². The zero-order valence-electron chi connectivity index (χ0n) is 12.0. The summed E-state index contributed by atoms with van der Waals surface area (Å²) in [6, 6.07) is 6.47. The molecule has 1 aromatic carbocycles. The van der Waals surface area contributed by atoms with E-state index in [0.717, 1.165) is 17.3 Å². The first-order chi connectivity index (χ1) is 10.0. The third-order valence-corrected chi connectivity index (χ3v) is 3.42. The molecule has 5 nitrogen and oxygen atoms in total. The number of carboxylic acids is 1. The van der Waals surface area contributed by atoms with Crippen LogP contribution in [-0.2, 0) is 9.59 Å². The van der Waals surface area contributed by atoms with Crippen molar-refractivity contribution >= 4 is 27.8 Å². The van der Waals surface area contributed by atoms with Crippen LogP contribution in [0.4, 0.5) is 0 Å². The van der Waals surface area contributed by atoms with E-state index in [-0.39, 0.29) is 18.9 Å². The molecule has 0 saturated heterocycles. The largest absolute Gasteiger partial charge is 0.493 e. The summed E-state index contributed by atoms with van der Waals surface area (Å²) in [5, 5.41) is 11.5. The van der Waals surface area contributed by atoms with Gasteiger partial charge in [0.2, 0.25) is 5.91 Å². The Bertz CT molecular complexity index is 461. The van der Waals surface area contributed by atoms with Gasteiger partial charge in [0.25, 0.3) is 0 Å². The number of unbranched alkanes of at least 4 members (excludes halogenated alkanes) is 1. The molecule has 0 aliphatic rings. The number of halogens is 1. The summed E-state index contributed by atoms with van der Waals surface area (Å²) in [6.07, 6.45) is 2.25. The summed E-state index contributed by atoms with van der Waals surface area (Å²) in [7, 11) is 0. The van der Waals surface area contributed by atoms with Crippen molar-refractivity contribution in [2.45, 2.75) is 38.6 Å². The van der Waals surface area contributed by atoms with Gasteiger partial charge in [-0.15, -0.1) is 0 Å². The summed E-state index contributed by atoms with van der Waals surface area (Å²) in [5.74, 6) is -0.631. The van der Waals surface area contributed by atoms with Crippen molar-refractivity contribution in [2.75, 3.05) is 6.61 Å². The molecule has 6 heteroatoms. The van der Waals surface area contributed by atoms with E-state index in [2.05, 4.69) is 21.2 Å². The van der Waals surface area contributed by atoms with Crippen molar-refractivity contribution in [3.8, 4) is 5.75 Å². The fourth-order valence-corrected chi connectivity index (χ4v) is 1.99. The van der Waals surface area contributed by atoms with Crippen molar-refractivity contribution in [1.82, 2.24) is 5.32 Å². The predicted octanol–water partition coefficient (Wildman–Crippen LogP) is 2.98. The molecule has 1 rings (SSSR count). The van der Waals surface area contributed by atoms with Crippen LogP contribution in [0.5, 0.6) is 5.75 Å². The summed E-state index contributed by atoms with van der Waals surface area (Å²) >= 11 is 3.32. The average Bonchev–Trinajstić information content (AvgIpc) is 2.45. The lowest BCUT2D eigenvalue weighted by molar-refractivity contribution is -0.142. The summed E-state index contributed by atoms with van der Waals surface area (Å²) < 4.78 is 6.38. The topological polar surface area (TPSA) is 75.6 Å². The Hall–Kier alpha value is -1.56. The molecule has 0 aliphatic carbocycles. The molecular formula is C15H20BrNO4. The van der Waals surface area contributed by atoms with Gasteiger partial charge in [-0.2, -0.15) is 0 Å². The highest BCUT2D eigenvalue weighted by atomic mass is 79.9. The second kappa shape index (κ2) is 9.39. The predicted molar refractivity (Wildman–Crippen MR) is 83.3 cm³/mol. The highest BCUT2D eigenvalue weighted by Gasteiger charge is 2.18. The Kier molecular flexibility index (Phi) is 7.82. The van der Waals surface area contributed by atoms with E-state index >= 15 is 0 Å². The van der Waals surface area contributed by atoms with E-state index in [1.165, 1.54) is 0 Å². The Labute approximate surface area is 132 Å². The molecule has 1 aromatic rings. The number of benzene rings is 1. The maximum atomic E-state index is 11.7. The number of carboxylic acid groups (broad SMARTS) is 1. The monoisotopic (exact) mass is 357 g/mol. The third-order valence-electron chi connectivity index (χ3n) is 2.89. The van der Waals surface area contributed by atoms with Crippen molar-refractivity contribution in [3.05, 3.63) is 28.7 Å². The zero-order valence-corrected chi connectivity index (χ0v) is 13.6. The Balaban J connectivity index is 2.32. The first-order valence-corrected chi connectivity index (χ1v) is 7.72. The summed E-state index contributed by atoms with van der Waals surface area (Å²) in [5.41, 5.74) is 0. The third kappa shape index (κ3) is 7.13. The van der Waals surface area contributed by atoms with Crippen LogP contribution >= 0.6 is 15.9 Å². The Morgan fingerprint density at radius 2 is 2.00 bits per heavy atom. The lowest BCUT2D eigenvalue weighted by Gasteiger charge is -2.14. The number of aliphatic carboxylic acids is 1. The van der Waals surface area contributed by atoms with Crippen LogP contribution in [-0.4, -0.2) is 29.6 Å². The Morgan fingerprint density at radius 1 is 1.33 bits per heavy atom. The van der Waals surface area contributed by atoms with E-state index in [1.54, 1.807) is 12.1 Å². The number of carbonyl (C=O) groups is 2. The van der Waals surface area contributed by atoms with Gasteiger partial charge in [-0.3, -0.25) is 4.79 Å². The lowest BCUT2D eigenvalue weighted by Crippen LogP contribution is -2.41. The minimum Gasteiger partial charge on any atom is -0.493 e. The molecule has 21 heavy (non-hydrogen) atoms. The molecule has 116 valence electrons. The van der Waals surface area contributed by atoms with Crippen LogP contribution in [0.1, 0.15) is 32.6 Å². The maximum Gasteiger partial charge on any atom is 0.326 e. The molecule has 0 spiro atoms. The van der Waals surface area contributed by atoms with Crippen LogP contribution < -0.4 is 10.1 Å². The summed E-state index contributed by atoms with van der Waals surface area (Å²) in [4.78, 5) is 22.7. The first-order valence-electron chi connectivity index (χ1n) is 6.93. The van der Waals surface area contributed by atoms with Crippen LogP contribution in [0.3, 0.4) is 0 Å². The zero-order chi connectivity index (χ0) is 15.7. The molecule has 0 fully saturated rings. The second-order valence-electron chi connectivity index (χ2n) is 4.65. The number of carbonyl (C=O) groups excluding carboxylic acids is 1. The van der Waals surface area contributed by atoms with Crippen molar-refractivity contribution < 1.29 is 19.4 Å². The van der Waals surface area contributed by atoms with E-state index in [1.807, 2.05) is 19.1 Å². The SMILES string of the molecule is CCCC[C@H](NC(=O)CCOc1ccc(Br)cc1)C(=O)O. The van der Waals surface area contributed by atoms with Crippen LogP contribution in [0.2, 0.25) is 0 Å². The number of ether oxygens (including phenoxy) is 1. The highest BCUT2D eigenvalue weighted by molar-refractivity contribution is 9.10. The molecule has 0 aliphatic heterocycles. The number of rotatable bonds is 9. The quantitative estimate of drug-likeness (QED) is 0.712. The minimum absolute atomic E-state index is 0.131. The van der Waals surface area contributed by atoms with Crippen molar-refractivity contribution in [3.63, 3.8) is 0 Å². The van der Waals surface area contributed by atoms with E-state index in [4.69, 9.17) is 9.84 Å². The van der Waals surface area contributed by atoms with Gasteiger partial charge in [-0.25, -0.2) is 4.79 Å². The van der Waals surface area contributed by atoms with Crippen LogP contribution in [0, 0.1) is 0 Å². The molecular weight excluding hydrogens is 338 g/mol. The molecule has 1 atom stereocenters. The molecule has 0 heterocycles. The normalized spacial score (nSPS) is 11.7. The molecule has 0 aromatic heterocycles. The van der Waals surface area contributed by atoms with Gasteiger partial charge in [0.1, 0.15) is 11.8 Å². The van der Waals surface area contributed by atoms with Gasteiger partial charge in [-0.05, 0) is 30.7 Å². The average molecular weight is 358 g/mol. The van der Waals surface area contributed by atoms with Gasteiger partial charge in [0, 0.05) is 4.47 Å². The van der Waals surface area contributed by atoms with Gasteiger partial charge in [0.15, 0.2) is 0 Å². The molecule has 1 amide bonds. The fourth-order valence-electron chi connectivity index (χ4n) is 1.72. The lowest BCUT2D eigenvalue weighted by atomic mass is 10.1. The first kappa shape index (κ1) is 17.5. The smallest absolute Gasteiger partial charge is 0.326 e. The highest BCUT2D eigenvalue weighted by Crippen LogP contribution is 2.16. The second-order valence-corrected chi connectivity index (χ2v) is 5.57. The van der Waals surface area contributed by atoms with Gasteiger partial charge in [0.05, 0.1) is 13.0 Å². The van der Waals surface area contributed by atoms with Gasteiger partial charge < -0.3 is 15.2 Å². The van der Waals surface area contributed by atoms with Crippen LogP contribution in [0.15, 0.2) is 28.7 Å². The maximum absolute atomic E-state index is 11.7. The molecule has 2 N–H and O–H groups in total. The van der Waals surface area contributed by atoms with Gasteiger partial charge >= 0.3 is 5.97 Å². The molecule has 0 radical (unpaired) electrons. The number of nitrogens with one attached hydrogen (secondary N) is 1. The summed E-state index contributed by atoms with van der Waals surface area (Å²) in [6.45, 7) is 2.19. The van der Waals surface area contributed by atoms with Crippen molar-refractivity contribution in [1.29, 1.82) is 0 Å². The van der Waals surface area contributed by atoms with Crippen molar-refractivity contribution in [2.24, 2.45) is 0 Å². The standard InChI is InChI=1S/C15H20BrNO4/c1-2-3-4-13(15(19)20)17-14(18)9-10-21-12-7-5-11(16)6-8-12/h5-8,13H,2-4,9-10H2,1H3,(H,17,18)(H,19,20)/t13-/m0/s1. The van der Waals surface area contributed by atoms with E-state index in [9.17, 15) is 9.59 Å². The van der Waals surface area contributed by atoms with Gasteiger partial charge in [-0.1, -0.05) is 35.7 Å². The number of hydrogen-bond donors (Lipinski definition) is 2. The fraction of sp³-hybridized carbons (Fsp3) is 0.467. The Morgan fingerprint density at radius 3 is 2.57 bits per heavy atom. The molecule has 0 unspecified atom stereocenters. The van der Waals surface area contributed by atoms with E-state index < -0.39 is 12.0 Å².